The SMILES string of the molecule is COc1cccc(C(=O)N(Cc2ccccc2)Cc2ccc(-c3ccc(O)c(OC(=O)O)c3)cc2)c1. The highest BCUT2D eigenvalue weighted by Gasteiger charge is 2.18. The molecule has 0 bridgehead atoms. The summed E-state index contributed by atoms with van der Waals surface area (Å²) in [6.45, 7) is 0.820. The molecule has 4 rings (SSSR count). The topological polar surface area (TPSA) is 96.3 Å². The summed E-state index contributed by atoms with van der Waals surface area (Å²) in [5, 5.41) is 18.7. The zero-order valence-electron chi connectivity index (χ0n) is 19.6. The first-order valence-corrected chi connectivity index (χ1v) is 11.2. The Hall–Kier alpha value is -4.78. The van der Waals surface area contributed by atoms with Crippen molar-refractivity contribution < 1.29 is 29.3 Å². The Morgan fingerprint density at radius 2 is 1.44 bits per heavy atom. The summed E-state index contributed by atoms with van der Waals surface area (Å²) in [4.78, 5) is 26.1. The number of phenolic OH excluding ortho intramolecular Hbond substituents is 1. The summed E-state index contributed by atoms with van der Waals surface area (Å²) in [5.41, 5.74) is 3.97. The van der Waals surface area contributed by atoms with Gasteiger partial charge >= 0.3 is 6.16 Å². The van der Waals surface area contributed by atoms with Crippen LogP contribution in [0.4, 0.5) is 4.79 Å². The quantitative estimate of drug-likeness (QED) is 0.237. The van der Waals surface area contributed by atoms with Gasteiger partial charge in [-0.3, -0.25) is 4.79 Å². The first-order valence-electron chi connectivity index (χ1n) is 11.2. The Bertz CT molecular complexity index is 1350. The molecule has 36 heavy (non-hydrogen) atoms. The van der Waals surface area contributed by atoms with Crippen molar-refractivity contribution >= 4 is 12.1 Å². The van der Waals surface area contributed by atoms with Crippen molar-refractivity contribution in [2.75, 3.05) is 7.11 Å². The van der Waals surface area contributed by atoms with Gasteiger partial charge in [0.25, 0.3) is 5.91 Å². The van der Waals surface area contributed by atoms with Gasteiger partial charge < -0.3 is 24.6 Å². The molecule has 0 radical (unpaired) electrons. The van der Waals surface area contributed by atoms with Crippen LogP contribution in [-0.2, 0) is 13.1 Å². The van der Waals surface area contributed by atoms with Gasteiger partial charge in [-0.25, -0.2) is 4.79 Å². The Balaban J connectivity index is 1.58. The summed E-state index contributed by atoms with van der Waals surface area (Å²) < 4.78 is 9.92. The number of nitrogens with zero attached hydrogens (tertiary/aromatic N) is 1. The summed E-state index contributed by atoms with van der Waals surface area (Å²) in [5.74, 6) is 0.105. The van der Waals surface area contributed by atoms with Crippen LogP contribution in [0.1, 0.15) is 21.5 Å². The predicted molar refractivity (Wildman–Crippen MR) is 135 cm³/mol. The van der Waals surface area contributed by atoms with Crippen LogP contribution in [0.5, 0.6) is 17.2 Å². The van der Waals surface area contributed by atoms with Crippen molar-refractivity contribution in [2.45, 2.75) is 13.1 Å². The average molecular weight is 484 g/mol. The smallest absolute Gasteiger partial charge is 0.504 e. The molecule has 7 nitrogen and oxygen atoms in total. The number of hydrogen-bond acceptors (Lipinski definition) is 5. The number of phenols is 1. The first kappa shape index (κ1) is 24.3. The number of rotatable bonds is 8. The largest absolute Gasteiger partial charge is 0.511 e. The Labute approximate surface area is 208 Å². The van der Waals surface area contributed by atoms with E-state index in [0.29, 0.717) is 30.0 Å². The first-order chi connectivity index (χ1) is 17.4. The molecule has 0 saturated heterocycles. The second-order valence-corrected chi connectivity index (χ2v) is 8.13. The van der Waals surface area contributed by atoms with Gasteiger partial charge in [-0.15, -0.1) is 0 Å². The maximum Gasteiger partial charge on any atom is 0.511 e. The normalized spacial score (nSPS) is 10.5. The van der Waals surface area contributed by atoms with Crippen molar-refractivity contribution in [1.82, 2.24) is 4.90 Å². The van der Waals surface area contributed by atoms with E-state index in [1.165, 1.54) is 12.1 Å². The monoisotopic (exact) mass is 483 g/mol. The van der Waals surface area contributed by atoms with E-state index in [1.54, 1.807) is 42.3 Å². The van der Waals surface area contributed by atoms with Crippen molar-refractivity contribution in [3.05, 3.63) is 114 Å². The molecule has 7 heteroatoms. The zero-order valence-corrected chi connectivity index (χ0v) is 19.6. The van der Waals surface area contributed by atoms with Gasteiger partial charge in [0.15, 0.2) is 11.5 Å². The highest BCUT2D eigenvalue weighted by Crippen LogP contribution is 2.32. The van der Waals surface area contributed by atoms with Gasteiger partial charge in [0, 0.05) is 18.7 Å². The predicted octanol–water partition coefficient (Wildman–Crippen LogP) is 5.97. The third-order valence-electron chi connectivity index (χ3n) is 5.64. The van der Waals surface area contributed by atoms with E-state index >= 15 is 0 Å². The van der Waals surface area contributed by atoms with Crippen molar-refractivity contribution in [3.8, 4) is 28.4 Å². The minimum Gasteiger partial charge on any atom is -0.504 e. The maximum absolute atomic E-state index is 13.5. The Morgan fingerprint density at radius 1 is 0.778 bits per heavy atom. The molecule has 0 heterocycles. The summed E-state index contributed by atoms with van der Waals surface area (Å²) in [7, 11) is 1.57. The Kier molecular flexibility index (Phi) is 7.51. The summed E-state index contributed by atoms with van der Waals surface area (Å²) in [6, 6.07) is 29.0. The molecule has 0 atom stereocenters. The number of amides is 1. The van der Waals surface area contributed by atoms with E-state index in [4.69, 9.17) is 9.84 Å². The molecule has 2 N–H and O–H groups in total. The molecular weight excluding hydrogens is 458 g/mol. The molecular formula is C29H25NO6. The van der Waals surface area contributed by atoms with Crippen molar-refractivity contribution in [2.24, 2.45) is 0 Å². The number of ether oxygens (including phenoxy) is 2. The molecule has 0 fully saturated rings. The third-order valence-corrected chi connectivity index (χ3v) is 5.64. The molecule has 0 aliphatic rings. The van der Waals surface area contributed by atoms with Crippen LogP contribution in [0, 0.1) is 0 Å². The molecule has 4 aromatic carbocycles. The molecule has 0 spiro atoms. The fourth-order valence-electron chi connectivity index (χ4n) is 3.83. The molecule has 4 aromatic rings. The second-order valence-electron chi connectivity index (χ2n) is 8.13. The number of aromatic hydroxyl groups is 1. The van der Waals surface area contributed by atoms with Gasteiger partial charge in [-0.05, 0) is 52.6 Å². The number of carbonyl (C=O) groups is 2. The van der Waals surface area contributed by atoms with Crippen LogP contribution in [0.15, 0.2) is 97.1 Å². The van der Waals surface area contributed by atoms with Crippen LogP contribution in [0.3, 0.4) is 0 Å². The highest BCUT2D eigenvalue weighted by molar-refractivity contribution is 5.94. The number of carboxylic acid groups (broad SMARTS) is 1. The molecule has 0 unspecified atom stereocenters. The van der Waals surface area contributed by atoms with Gasteiger partial charge in [-0.1, -0.05) is 66.7 Å². The minimum atomic E-state index is -1.50. The molecule has 0 aliphatic carbocycles. The molecule has 1 amide bonds. The minimum absolute atomic E-state index is 0.115. The van der Waals surface area contributed by atoms with Crippen molar-refractivity contribution in [3.63, 3.8) is 0 Å². The standard InChI is InChI=1S/C29H25NO6/c1-35-25-9-5-8-24(16-25)28(32)30(18-20-6-3-2-4-7-20)19-21-10-12-22(13-11-21)23-14-15-26(31)27(17-23)36-29(33)34/h2-17,31H,18-19H2,1H3,(H,33,34). The number of hydrogen-bond donors (Lipinski definition) is 2. The number of benzene rings is 4. The van der Waals surface area contributed by atoms with Gasteiger partial charge in [0.05, 0.1) is 7.11 Å². The number of carbonyl (C=O) groups excluding carboxylic acids is 1. The lowest BCUT2D eigenvalue weighted by atomic mass is 10.0. The maximum atomic E-state index is 13.5. The van der Waals surface area contributed by atoms with Gasteiger partial charge in [-0.2, -0.15) is 0 Å². The van der Waals surface area contributed by atoms with Crippen LogP contribution in [0.25, 0.3) is 11.1 Å². The van der Waals surface area contributed by atoms with Crippen molar-refractivity contribution in [1.29, 1.82) is 0 Å². The molecule has 0 aliphatic heterocycles. The van der Waals surface area contributed by atoms with E-state index in [-0.39, 0.29) is 17.4 Å². The molecule has 0 saturated carbocycles. The number of methoxy groups -OCH3 is 1. The highest BCUT2D eigenvalue weighted by atomic mass is 16.7. The van der Waals surface area contributed by atoms with Crippen LogP contribution in [-0.4, -0.2) is 34.3 Å². The molecule has 182 valence electrons. The van der Waals surface area contributed by atoms with Crippen LogP contribution < -0.4 is 9.47 Å². The van der Waals surface area contributed by atoms with Gasteiger partial charge in [0.1, 0.15) is 5.75 Å². The van der Waals surface area contributed by atoms with Crippen LogP contribution >= 0.6 is 0 Å². The molecule has 0 aromatic heterocycles. The Morgan fingerprint density at radius 3 is 2.11 bits per heavy atom. The zero-order chi connectivity index (χ0) is 25.5. The van der Waals surface area contributed by atoms with E-state index < -0.39 is 6.16 Å². The second kappa shape index (κ2) is 11.1. The van der Waals surface area contributed by atoms with E-state index in [0.717, 1.165) is 16.7 Å². The van der Waals surface area contributed by atoms with E-state index in [1.807, 2.05) is 54.6 Å². The fraction of sp³-hybridized carbons (Fsp3) is 0.103. The lowest BCUT2D eigenvalue weighted by Crippen LogP contribution is -2.30. The average Bonchev–Trinajstić information content (AvgIpc) is 2.90. The van der Waals surface area contributed by atoms with E-state index in [2.05, 4.69) is 4.74 Å². The fourth-order valence-corrected chi connectivity index (χ4v) is 3.83. The van der Waals surface area contributed by atoms with E-state index in [9.17, 15) is 14.7 Å². The third kappa shape index (κ3) is 6.01. The lowest BCUT2D eigenvalue weighted by molar-refractivity contribution is 0.0729. The van der Waals surface area contributed by atoms with Gasteiger partial charge in [0.2, 0.25) is 0 Å². The van der Waals surface area contributed by atoms with Crippen LogP contribution in [0.2, 0.25) is 0 Å². The lowest BCUT2D eigenvalue weighted by Gasteiger charge is -2.23. The summed E-state index contributed by atoms with van der Waals surface area (Å²) >= 11 is 0. The summed E-state index contributed by atoms with van der Waals surface area (Å²) in [6.07, 6.45) is -1.50.